The first-order chi connectivity index (χ1) is 9.94. The fourth-order valence-corrected chi connectivity index (χ4v) is 2.96. The van der Waals surface area contributed by atoms with Gasteiger partial charge in [-0.25, -0.2) is 9.97 Å². The topological polar surface area (TPSA) is 61.3 Å². The largest absolute Gasteiger partial charge is 0.388 e. The van der Waals surface area contributed by atoms with E-state index in [0.29, 0.717) is 12.5 Å². The Hall–Kier alpha value is -1.36. The van der Waals surface area contributed by atoms with Gasteiger partial charge >= 0.3 is 0 Å². The first-order valence-corrected chi connectivity index (χ1v) is 8.00. The Morgan fingerprint density at radius 2 is 2.19 bits per heavy atom. The lowest BCUT2D eigenvalue weighted by molar-refractivity contribution is 0.0446. The van der Waals surface area contributed by atoms with Crippen molar-refractivity contribution in [2.45, 2.75) is 58.5 Å². The number of anilines is 2. The highest BCUT2D eigenvalue weighted by Gasteiger charge is 2.31. The number of nitrogens with one attached hydrogen (secondary N) is 1. The van der Waals surface area contributed by atoms with Crippen molar-refractivity contribution in [3.8, 4) is 0 Å². The molecule has 2 heterocycles. The molecule has 0 spiro atoms. The van der Waals surface area contributed by atoms with Crippen LogP contribution in [0.15, 0.2) is 6.33 Å². The molecule has 1 unspecified atom stereocenters. The van der Waals surface area contributed by atoms with Gasteiger partial charge < -0.3 is 15.3 Å². The summed E-state index contributed by atoms with van der Waals surface area (Å²) >= 11 is 0. The quantitative estimate of drug-likeness (QED) is 0.874. The molecule has 1 fully saturated rings. The van der Waals surface area contributed by atoms with E-state index in [-0.39, 0.29) is 0 Å². The molecular formula is C16H28N4O. The van der Waals surface area contributed by atoms with Crippen LogP contribution >= 0.6 is 0 Å². The molecule has 0 amide bonds. The highest BCUT2D eigenvalue weighted by atomic mass is 16.3. The SMILES string of the molecule is CCCNc1ncnc(N2CCCC(C)(O)C2)c1C(C)C. The van der Waals surface area contributed by atoms with E-state index in [1.165, 1.54) is 0 Å². The van der Waals surface area contributed by atoms with E-state index in [2.05, 4.69) is 41.0 Å². The normalized spacial score (nSPS) is 22.7. The van der Waals surface area contributed by atoms with Crippen molar-refractivity contribution >= 4 is 11.6 Å². The lowest BCUT2D eigenvalue weighted by atomic mass is 9.94. The summed E-state index contributed by atoms with van der Waals surface area (Å²) in [6, 6.07) is 0. The monoisotopic (exact) mass is 292 g/mol. The maximum Gasteiger partial charge on any atom is 0.137 e. The summed E-state index contributed by atoms with van der Waals surface area (Å²) in [5, 5.41) is 13.7. The Kier molecular flexibility index (Phi) is 5.04. The number of hydrogen-bond donors (Lipinski definition) is 2. The van der Waals surface area contributed by atoms with Gasteiger partial charge in [-0.05, 0) is 32.1 Å². The van der Waals surface area contributed by atoms with Crippen LogP contribution < -0.4 is 10.2 Å². The van der Waals surface area contributed by atoms with Crippen molar-refractivity contribution in [2.75, 3.05) is 29.9 Å². The van der Waals surface area contributed by atoms with Crippen LogP contribution in [0.5, 0.6) is 0 Å². The van der Waals surface area contributed by atoms with E-state index < -0.39 is 5.60 Å². The number of piperidine rings is 1. The van der Waals surface area contributed by atoms with Gasteiger partial charge in [0.15, 0.2) is 0 Å². The zero-order valence-electron chi connectivity index (χ0n) is 13.7. The second-order valence-electron chi connectivity index (χ2n) is 6.56. The summed E-state index contributed by atoms with van der Waals surface area (Å²) in [4.78, 5) is 11.1. The minimum absolute atomic E-state index is 0.340. The number of rotatable bonds is 5. The zero-order chi connectivity index (χ0) is 15.5. The van der Waals surface area contributed by atoms with E-state index in [9.17, 15) is 5.11 Å². The molecule has 0 saturated carbocycles. The van der Waals surface area contributed by atoms with Crippen LogP contribution in [0.25, 0.3) is 0 Å². The summed E-state index contributed by atoms with van der Waals surface area (Å²) in [5.41, 5.74) is 0.526. The van der Waals surface area contributed by atoms with Crippen molar-refractivity contribution < 1.29 is 5.11 Å². The average molecular weight is 292 g/mol. The molecule has 0 aliphatic carbocycles. The Balaban J connectivity index is 2.33. The lowest BCUT2D eigenvalue weighted by Crippen LogP contribution is -2.46. The third-order valence-electron chi connectivity index (χ3n) is 3.96. The van der Waals surface area contributed by atoms with E-state index in [4.69, 9.17) is 0 Å². The average Bonchev–Trinajstić information content (AvgIpc) is 2.43. The molecule has 1 aliphatic rings. The molecule has 1 aromatic heterocycles. The first kappa shape index (κ1) is 16.0. The standard InChI is InChI=1S/C16H28N4O/c1-5-8-17-14-13(12(2)3)15(19-11-18-14)20-9-6-7-16(4,21)10-20/h11-12,21H,5-10H2,1-4H3,(H,17,18,19). The molecule has 0 radical (unpaired) electrons. The zero-order valence-corrected chi connectivity index (χ0v) is 13.7. The summed E-state index contributed by atoms with van der Waals surface area (Å²) < 4.78 is 0. The van der Waals surface area contributed by atoms with Crippen LogP contribution in [0.3, 0.4) is 0 Å². The molecule has 0 bridgehead atoms. The second-order valence-corrected chi connectivity index (χ2v) is 6.56. The van der Waals surface area contributed by atoms with Gasteiger partial charge in [0, 0.05) is 25.2 Å². The second kappa shape index (κ2) is 6.60. The van der Waals surface area contributed by atoms with Crippen LogP contribution in [-0.2, 0) is 0 Å². The van der Waals surface area contributed by atoms with Gasteiger partial charge in [-0.15, -0.1) is 0 Å². The molecule has 2 rings (SSSR count). The molecule has 0 aromatic carbocycles. The summed E-state index contributed by atoms with van der Waals surface area (Å²) in [5.74, 6) is 2.24. The number of aromatic nitrogens is 2. The Labute approximate surface area is 127 Å². The summed E-state index contributed by atoms with van der Waals surface area (Å²) in [7, 11) is 0. The number of nitrogens with zero attached hydrogens (tertiary/aromatic N) is 3. The molecule has 1 aromatic rings. The highest BCUT2D eigenvalue weighted by molar-refractivity contribution is 5.60. The maximum absolute atomic E-state index is 10.3. The highest BCUT2D eigenvalue weighted by Crippen LogP contribution is 2.33. The van der Waals surface area contributed by atoms with Crippen molar-refractivity contribution in [2.24, 2.45) is 0 Å². The van der Waals surface area contributed by atoms with Crippen LogP contribution in [0.2, 0.25) is 0 Å². The van der Waals surface area contributed by atoms with Gasteiger partial charge in [0.05, 0.1) is 5.60 Å². The smallest absolute Gasteiger partial charge is 0.137 e. The van der Waals surface area contributed by atoms with E-state index in [0.717, 1.165) is 49.6 Å². The van der Waals surface area contributed by atoms with Gasteiger partial charge in [-0.3, -0.25) is 0 Å². The summed E-state index contributed by atoms with van der Waals surface area (Å²) in [6.45, 7) is 10.9. The molecule has 21 heavy (non-hydrogen) atoms. The van der Waals surface area contributed by atoms with Gasteiger partial charge in [-0.1, -0.05) is 20.8 Å². The van der Waals surface area contributed by atoms with Gasteiger partial charge in [0.2, 0.25) is 0 Å². The number of β-amino-alcohol motifs (C(OH)–C–C–N with tert-alkyl or cyclic N) is 1. The molecule has 5 nitrogen and oxygen atoms in total. The molecule has 5 heteroatoms. The summed E-state index contributed by atoms with van der Waals surface area (Å²) in [6.07, 6.45) is 4.54. The predicted molar refractivity (Wildman–Crippen MR) is 87.0 cm³/mol. The van der Waals surface area contributed by atoms with Gasteiger partial charge in [0.1, 0.15) is 18.0 Å². The van der Waals surface area contributed by atoms with Crippen LogP contribution in [0, 0.1) is 0 Å². The molecule has 2 N–H and O–H groups in total. The van der Waals surface area contributed by atoms with Gasteiger partial charge in [0.25, 0.3) is 0 Å². The van der Waals surface area contributed by atoms with Crippen LogP contribution in [0.4, 0.5) is 11.6 Å². The number of hydrogen-bond acceptors (Lipinski definition) is 5. The van der Waals surface area contributed by atoms with Crippen molar-refractivity contribution in [1.82, 2.24) is 9.97 Å². The minimum Gasteiger partial charge on any atom is -0.388 e. The maximum atomic E-state index is 10.3. The fourth-order valence-electron chi connectivity index (χ4n) is 2.96. The van der Waals surface area contributed by atoms with E-state index in [1.807, 2.05) is 6.92 Å². The third kappa shape index (κ3) is 3.84. The molecule has 1 atom stereocenters. The van der Waals surface area contributed by atoms with E-state index >= 15 is 0 Å². The Bertz CT molecular complexity index is 473. The Morgan fingerprint density at radius 3 is 2.81 bits per heavy atom. The van der Waals surface area contributed by atoms with Crippen LogP contribution in [0.1, 0.15) is 58.4 Å². The fraction of sp³-hybridized carbons (Fsp3) is 0.750. The number of aliphatic hydroxyl groups is 1. The van der Waals surface area contributed by atoms with Crippen molar-refractivity contribution in [3.63, 3.8) is 0 Å². The minimum atomic E-state index is -0.630. The third-order valence-corrected chi connectivity index (χ3v) is 3.96. The van der Waals surface area contributed by atoms with E-state index in [1.54, 1.807) is 6.33 Å². The lowest BCUT2D eigenvalue weighted by Gasteiger charge is -2.38. The molecular weight excluding hydrogens is 264 g/mol. The Morgan fingerprint density at radius 1 is 1.43 bits per heavy atom. The molecule has 1 aliphatic heterocycles. The van der Waals surface area contributed by atoms with Crippen LogP contribution in [-0.4, -0.2) is 40.3 Å². The van der Waals surface area contributed by atoms with Crippen molar-refractivity contribution in [1.29, 1.82) is 0 Å². The van der Waals surface area contributed by atoms with Gasteiger partial charge in [-0.2, -0.15) is 0 Å². The molecule has 118 valence electrons. The van der Waals surface area contributed by atoms with Crippen molar-refractivity contribution in [3.05, 3.63) is 11.9 Å². The molecule has 1 saturated heterocycles. The predicted octanol–water partition coefficient (Wildman–Crippen LogP) is 2.77. The first-order valence-electron chi connectivity index (χ1n) is 8.00.